The van der Waals surface area contributed by atoms with Gasteiger partial charge in [0, 0.05) is 16.7 Å². The Morgan fingerprint density at radius 3 is 2.70 bits per heavy atom. The van der Waals surface area contributed by atoms with Crippen molar-refractivity contribution in [3.8, 4) is 11.5 Å². The lowest BCUT2D eigenvalue weighted by molar-refractivity contribution is -0.384. The maximum Gasteiger partial charge on any atom is 0.313 e. The van der Waals surface area contributed by atoms with Crippen molar-refractivity contribution in [2.45, 2.75) is 13.5 Å². The number of benzene rings is 2. The molecule has 0 fully saturated rings. The van der Waals surface area contributed by atoms with Crippen LogP contribution in [0.2, 0.25) is 0 Å². The van der Waals surface area contributed by atoms with Crippen molar-refractivity contribution < 1.29 is 14.4 Å². The average Bonchev–Trinajstić information content (AvgIpc) is 2.75. The molecule has 30 heavy (non-hydrogen) atoms. The van der Waals surface area contributed by atoms with Crippen molar-refractivity contribution >= 4 is 33.6 Å². The molecule has 0 unspecified atom stereocenters. The molecule has 3 aromatic rings. The molecule has 0 aliphatic carbocycles. The number of anilines is 1. The fraction of sp³-hybridized carbons (Fsp3) is 0.143. The van der Waals surface area contributed by atoms with Crippen LogP contribution >= 0.6 is 15.9 Å². The first kappa shape index (κ1) is 21.3. The molecule has 1 heterocycles. The third-order valence-electron chi connectivity index (χ3n) is 3.94. The highest BCUT2D eigenvalue weighted by molar-refractivity contribution is 9.10. The van der Waals surface area contributed by atoms with Gasteiger partial charge < -0.3 is 9.47 Å². The van der Waals surface area contributed by atoms with Crippen LogP contribution in [-0.4, -0.2) is 22.7 Å². The number of hydrazone groups is 1. The molecule has 8 nitrogen and oxygen atoms in total. The molecule has 0 spiro atoms. The summed E-state index contributed by atoms with van der Waals surface area (Å²) in [4.78, 5) is 14.4. The highest BCUT2D eigenvalue weighted by atomic mass is 79.9. The second kappa shape index (κ2) is 10.4. The van der Waals surface area contributed by atoms with Gasteiger partial charge in [-0.05, 0) is 54.4 Å². The van der Waals surface area contributed by atoms with Gasteiger partial charge in [-0.1, -0.05) is 28.1 Å². The number of halogens is 1. The fourth-order valence-electron chi connectivity index (χ4n) is 2.53. The number of hydrogen-bond acceptors (Lipinski definition) is 7. The van der Waals surface area contributed by atoms with Gasteiger partial charge in [-0.2, -0.15) is 5.10 Å². The summed E-state index contributed by atoms with van der Waals surface area (Å²) in [5, 5.41) is 15.1. The number of rotatable bonds is 9. The maximum absolute atomic E-state index is 11.0. The normalized spacial score (nSPS) is 10.7. The minimum absolute atomic E-state index is 0.0678. The molecule has 0 bridgehead atoms. The van der Waals surface area contributed by atoms with Crippen LogP contribution in [0, 0.1) is 10.1 Å². The van der Waals surface area contributed by atoms with Crippen LogP contribution in [0.5, 0.6) is 11.5 Å². The van der Waals surface area contributed by atoms with Crippen LogP contribution in [0.4, 0.5) is 11.5 Å². The first-order valence-corrected chi connectivity index (χ1v) is 9.88. The molecule has 0 atom stereocenters. The molecule has 0 saturated carbocycles. The minimum atomic E-state index is -0.518. The van der Waals surface area contributed by atoms with Crippen molar-refractivity contribution in [2.24, 2.45) is 5.10 Å². The number of nitro groups is 1. The standard InChI is InChI=1S/C21H19BrN4O4/c1-2-29-20-12-16(13-24-25-21-18(26(27)28)4-3-11-23-21)7-10-19(20)30-14-15-5-8-17(22)9-6-15/h3-13H,2,14H2,1H3,(H,23,25)/b24-13-. The second-order valence-electron chi connectivity index (χ2n) is 6.05. The lowest BCUT2D eigenvalue weighted by Crippen LogP contribution is -2.01. The monoisotopic (exact) mass is 470 g/mol. The molecule has 2 aromatic carbocycles. The summed E-state index contributed by atoms with van der Waals surface area (Å²) in [6.07, 6.45) is 2.98. The molecule has 0 aliphatic rings. The van der Waals surface area contributed by atoms with E-state index in [1.807, 2.05) is 37.3 Å². The zero-order chi connectivity index (χ0) is 21.3. The summed E-state index contributed by atoms with van der Waals surface area (Å²) < 4.78 is 12.6. The number of pyridine rings is 1. The van der Waals surface area contributed by atoms with Crippen molar-refractivity contribution in [3.05, 3.63) is 86.5 Å². The summed E-state index contributed by atoms with van der Waals surface area (Å²) in [7, 11) is 0. The van der Waals surface area contributed by atoms with Crippen LogP contribution < -0.4 is 14.9 Å². The van der Waals surface area contributed by atoms with E-state index < -0.39 is 4.92 Å². The van der Waals surface area contributed by atoms with Gasteiger partial charge in [0.1, 0.15) is 6.61 Å². The third kappa shape index (κ3) is 5.77. The number of ether oxygens (including phenoxy) is 2. The van der Waals surface area contributed by atoms with Crippen LogP contribution in [0.15, 0.2) is 70.4 Å². The predicted octanol–water partition coefficient (Wildman–Crippen LogP) is 5.18. The molecule has 0 radical (unpaired) electrons. The SMILES string of the molecule is CCOc1cc(/C=N\Nc2ncccc2[N+](=O)[O-])ccc1OCc1ccc(Br)cc1. The summed E-state index contributed by atoms with van der Waals surface area (Å²) in [6, 6.07) is 16.1. The van der Waals surface area contributed by atoms with Crippen LogP contribution in [0.1, 0.15) is 18.1 Å². The van der Waals surface area contributed by atoms with Crippen LogP contribution in [0.25, 0.3) is 0 Å². The Bertz CT molecular complexity index is 1040. The Labute approximate surface area is 181 Å². The van der Waals surface area contributed by atoms with E-state index in [0.29, 0.717) is 24.7 Å². The van der Waals surface area contributed by atoms with Crippen molar-refractivity contribution in [1.29, 1.82) is 0 Å². The predicted molar refractivity (Wildman–Crippen MR) is 118 cm³/mol. The molecule has 3 rings (SSSR count). The van der Waals surface area contributed by atoms with Crippen LogP contribution in [-0.2, 0) is 6.61 Å². The molecular weight excluding hydrogens is 452 g/mol. The smallest absolute Gasteiger partial charge is 0.313 e. The van der Waals surface area contributed by atoms with E-state index >= 15 is 0 Å². The number of nitrogens with zero attached hydrogens (tertiary/aromatic N) is 3. The molecule has 1 N–H and O–H groups in total. The Morgan fingerprint density at radius 2 is 1.97 bits per heavy atom. The van der Waals surface area contributed by atoms with Crippen molar-refractivity contribution in [1.82, 2.24) is 4.98 Å². The van der Waals surface area contributed by atoms with E-state index in [9.17, 15) is 10.1 Å². The van der Waals surface area contributed by atoms with Gasteiger partial charge in [0.05, 0.1) is 17.7 Å². The Balaban J connectivity index is 1.70. The Kier molecular flexibility index (Phi) is 7.34. The van der Waals surface area contributed by atoms with E-state index in [1.165, 1.54) is 24.5 Å². The maximum atomic E-state index is 11.0. The van der Waals surface area contributed by atoms with E-state index in [1.54, 1.807) is 12.1 Å². The lowest BCUT2D eigenvalue weighted by atomic mass is 10.2. The van der Waals surface area contributed by atoms with Gasteiger partial charge in [-0.3, -0.25) is 15.5 Å². The van der Waals surface area contributed by atoms with Gasteiger partial charge in [-0.15, -0.1) is 0 Å². The zero-order valence-corrected chi connectivity index (χ0v) is 17.7. The molecule has 0 amide bonds. The highest BCUT2D eigenvalue weighted by Gasteiger charge is 2.13. The van der Waals surface area contributed by atoms with E-state index in [0.717, 1.165) is 15.6 Å². The Morgan fingerprint density at radius 1 is 1.17 bits per heavy atom. The van der Waals surface area contributed by atoms with Gasteiger partial charge >= 0.3 is 5.69 Å². The quantitative estimate of drug-likeness (QED) is 0.263. The summed E-state index contributed by atoms with van der Waals surface area (Å²) in [5.41, 5.74) is 4.22. The van der Waals surface area contributed by atoms with Crippen molar-refractivity contribution in [3.63, 3.8) is 0 Å². The summed E-state index contributed by atoms with van der Waals surface area (Å²) in [5.74, 6) is 1.27. The number of nitrogens with one attached hydrogen (secondary N) is 1. The molecule has 154 valence electrons. The Hall–Kier alpha value is -3.46. The first-order chi connectivity index (χ1) is 14.6. The molecule has 9 heteroatoms. The zero-order valence-electron chi connectivity index (χ0n) is 16.1. The highest BCUT2D eigenvalue weighted by Crippen LogP contribution is 2.29. The van der Waals surface area contributed by atoms with Gasteiger partial charge in [-0.25, -0.2) is 4.98 Å². The second-order valence-corrected chi connectivity index (χ2v) is 6.97. The van der Waals surface area contributed by atoms with Crippen LogP contribution in [0.3, 0.4) is 0 Å². The molecular formula is C21H19BrN4O4. The van der Waals surface area contributed by atoms with Gasteiger partial charge in [0.2, 0.25) is 5.82 Å². The van der Waals surface area contributed by atoms with E-state index in [4.69, 9.17) is 9.47 Å². The van der Waals surface area contributed by atoms with Crippen molar-refractivity contribution in [2.75, 3.05) is 12.0 Å². The number of aromatic nitrogens is 1. The topological polar surface area (TPSA) is 98.9 Å². The minimum Gasteiger partial charge on any atom is -0.490 e. The first-order valence-electron chi connectivity index (χ1n) is 9.09. The lowest BCUT2D eigenvalue weighted by Gasteiger charge is -2.12. The fourth-order valence-corrected chi connectivity index (χ4v) is 2.80. The number of hydrogen-bond donors (Lipinski definition) is 1. The summed E-state index contributed by atoms with van der Waals surface area (Å²) in [6.45, 7) is 2.78. The van der Waals surface area contributed by atoms with Gasteiger partial charge in [0.25, 0.3) is 0 Å². The molecule has 0 aliphatic heterocycles. The van der Waals surface area contributed by atoms with E-state index in [-0.39, 0.29) is 11.5 Å². The third-order valence-corrected chi connectivity index (χ3v) is 4.47. The molecule has 1 aromatic heterocycles. The largest absolute Gasteiger partial charge is 0.490 e. The molecule has 0 saturated heterocycles. The summed E-state index contributed by atoms with van der Waals surface area (Å²) >= 11 is 3.41. The van der Waals surface area contributed by atoms with E-state index in [2.05, 4.69) is 31.4 Å². The van der Waals surface area contributed by atoms with Gasteiger partial charge in [0.15, 0.2) is 11.5 Å². The average molecular weight is 471 g/mol.